The van der Waals surface area contributed by atoms with Gasteiger partial charge in [-0.25, -0.2) is 0 Å². The van der Waals surface area contributed by atoms with Gasteiger partial charge >= 0.3 is 0 Å². The second kappa shape index (κ2) is 5.67. The van der Waals surface area contributed by atoms with E-state index in [1.807, 2.05) is 24.3 Å². The Morgan fingerprint density at radius 3 is 2.86 bits per heavy atom. The van der Waals surface area contributed by atoms with Gasteiger partial charge in [-0.1, -0.05) is 12.1 Å². The fourth-order valence-electron chi connectivity index (χ4n) is 1.03. The van der Waals surface area contributed by atoms with E-state index >= 15 is 0 Å². The largest absolute Gasteiger partial charge is 0.370 e. The first-order chi connectivity index (χ1) is 6.72. The monoisotopic (exact) mass is 210 g/mol. The van der Waals surface area contributed by atoms with Crippen molar-refractivity contribution in [1.82, 2.24) is 0 Å². The van der Waals surface area contributed by atoms with E-state index in [0.717, 1.165) is 16.2 Å². The molecule has 0 heterocycles. The molecule has 0 atom stereocenters. The Kier molecular flexibility index (Phi) is 4.49. The van der Waals surface area contributed by atoms with Gasteiger partial charge in [-0.2, -0.15) is 0 Å². The summed E-state index contributed by atoms with van der Waals surface area (Å²) in [6.45, 7) is 0.546. The van der Waals surface area contributed by atoms with Gasteiger partial charge in [0.05, 0.1) is 0 Å². The number of primary amides is 1. The number of carbonyl (C=O) groups is 1. The van der Waals surface area contributed by atoms with Crippen LogP contribution in [-0.2, 0) is 11.3 Å². The van der Waals surface area contributed by atoms with Crippen molar-refractivity contribution in [1.29, 1.82) is 0 Å². The molecule has 0 aliphatic rings. The molecule has 1 amide bonds. The van der Waals surface area contributed by atoms with Crippen molar-refractivity contribution in [3.05, 3.63) is 29.8 Å². The van der Waals surface area contributed by atoms with Crippen LogP contribution in [0.4, 0.5) is 0 Å². The number of amides is 1. The van der Waals surface area contributed by atoms with E-state index in [9.17, 15) is 4.79 Å². The maximum absolute atomic E-state index is 10.5. The second-order valence-electron chi connectivity index (χ2n) is 2.92. The van der Waals surface area contributed by atoms with Gasteiger partial charge in [-0.3, -0.25) is 4.79 Å². The van der Waals surface area contributed by atoms with Crippen LogP contribution in [0.5, 0.6) is 0 Å². The lowest BCUT2D eigenvalue weighted by atomic mass is 10.2. The summed E-state index contributed by atoms with van der Waals surface area (Å²) in [4.78, 5) is 11.6. The van der Waals surface area contributed by atoms with Crippen LogP contribution in [0.15, 0.2) is 29.2 Å². The summed E-state index contributed by atoms with van der Waals surface area (Å²) >= 11 is 1.62. The van der Waals surface area contributed by atoms with Crippen LogP contribution >= 0.6 is 11.8 Å². The average Bonchev–Trinajstić information content (AvgIpc) is 2.18. The van der Waals surface area contributed by atoms with Crippen LogP contribution < -0.4 is 11.5 Å². The minimum absolute atomic E-state index is 0.257. The van der Waals surface area contributed by atoms with Crippen LogP contribution in [0.3, 0.4) is 0 Å². The maximum Gasteiger partial charge on any atom is 0.218 e. The molecule has 0 bridgehead atoms. The van der Waals surface area contributed by atoms with E-state index in [1.54, 1.807) is 11.8 Å². The predicted molar refractivity (Wildman–Crippen MR) is 58.9 cm³/mol. The zero-order chi connectivity index (χ0) is 10.4. The summed E-state index contributed by atoms with van der Waals surface area (Å²) in [5.41, 5.74) is 11.7. The van der Waals surface area contributed by atoms with E-state index in [1.165, 1.54) is 0 Å². The van der Waals surface area contributed by atoms with Crippen molar-refractivity contribution in [2.24, 2.45) is 11.5 Å². The summed E-state index contributed by atoms with van der Waals surface area (Å²) in [7, 11) is 0. The van der Waals surface area contributed by atoms with Gasteiger partial charge in [0, 0.05) is 23.6 Å². The normalized spacial score (nSPS) is 10.1. The standard InChI is InChI=1S/C10H14N2OS/c11-7-8-2-1-3-9(6-8)14-5-4-10(12)13/h1-3,6H,4-5,7,11H2,(H2,12,13). The number of carbonyl (C=O) groups excluding carboxylic acids is 1. The van der Waals surface area contributed by atoms with Crippen molar-refractivity contribution in [3.63, 3.8) is 0 Å². The summed E-state index contributed by atoms with van der Waals surface area (Å²) < 4.78 is 0. The average molecular weight is 210 g/mol. The van der Waals surface area contributed by atoms with Crippen LogP contribution in [0, 0.1) is 0 Å². The van der Waals surface area contributed by atoms with Crippen molar-refractivity contribution >= 4 is 17.7 Å². The van der Waals surface area contributed by atoms with E-state index < -0.39 is 0 Å². The lowest BCUT2D eigenvalue weighted by molar-refractivity contribution is -0.117. The highest BCUT2D eigenvalue weighted by molar-refractivity contribution is 7.99. The van der Waals surface area contributed by atoms with Gasteiger partial charge < -0.3 is 11.5 Å². The maximum atomic E-state index is 10.5. The molecular formula is C10H14N2OS. The molecule has 3 nitrogen and oxygen atoms in total. The Hall–Kier alpha value is -1.00. The third-order valence-electron chi connectivity index (χ3n) is 1.75. The van der Waals surface area contributed by atoms with Crippen molar-refractivity contribution in [2.45, 2.75) is 17.9 Å². The fourth-order valence-corrected chi connectivity index (χ4v) is 1.98. The van der Waals surface area contributed by atoms with Gasteiger partial charge in [-0.15, -0.1) is 11.8 Å². The van der Waals surface area contributed by atoms with Crippen LogP contribution in [-0.4, -0.2) is 11.7 Å². The number of hydrogen-bond donors (Lipinski definition) is 2. The molecule has 0 aliphatic carbocycles. The number of hydrogen-bond acceptors (Lipinski definition) is 3. The molecule has 0 unspecified atom stereocenters. The van der Waals surface area contributed by atoms with Crippen LogP contribution in [0.25, 0.3) is 0 Å². The van der Waals surface area contributed by atoms with E-state index in [-0.39, 0.29) is 5.91 Å². The number of thioether (sulfide) groups is 1. The molecule has 0 aromatic heterocycles. The first kappa shape index (κ1) is 11.1. The molecule has 4 heteroatoms. The van der Waals surface area contributed by atoms with Crippen molar-refractivity contribution in [2.75, 3.05) is 5.75 Å². The molecule has 0 aliphatic heterocycles. The van der Waals surface area contributed by atoms with E-state index in [4.69, 9.17) is 11.5 Å². The second-order valence-corrected chi connectivity index (χ2v) is 4.08. The van der Waals surface area contributed by atoms with E-state index in [2.05, 4.69) is 0 Å². The minimum atomic E-state index is -0.257. The number of rotatable bonds is 5. The molecular weight excluding hydrogens is 196 g/mol. The topological polar surface area (TPSA) is 69.1 Å². The highest BCUT2D eigenvalue weighted by Crippen LogP contribution is 2.19. The Balaban J connectivity index is 2.46. The van der Waals surface area contributed by atoms with Gasteiger partial charge in [0.15, 0.2) is 0 Å². The molecule has 1 aromatic carbocycles. The molecule has 1 rings (SSSR count). The summed E-state index contributed by atoms with van der Waals surface area (Å²) in [5.74, 6) is 0.469. The Morgan fingerprint density at radius 2 is 2.21 bits per heavy atom. The SMILES string of the molecule is NCc1cccc(SCCC(N)=O)c1. The van der Waals surface area contributed by atoms with Crippen molar-refractivity contribution in [3.8, 4) is 0 Å². The Labute approximate surface area is 87.9 Å². The summed E-state index contributed by atoms with van der Waals surface area (Å²) in [6, 6.07) is 7.99. The molecule has 76 valence electrons. The first-order valence-corrected chi connectivity index (χ1v) is 5.41. The van der Waals surface area contributed by atoms with Gasteiger partial charge in [-0.05, 0) is 17.7 Å². The Bertz CT molecular complexity index is 315. The first-order valence-electron chi connectivity index (χ1n) is 4.42. The lowest BCUT2D eigenvalue weighted by Gasteiger charge is -2.02. The summed E-state index contributed by atoms with van der Waals surface area (Å²) in [6.07, 6.45) is 0.414. The Morgan fingerprint density at radius 1 is 1.43 bits per heavy atom. The van der Waals surface area contributed by atoms with Crippen LogP contribution in [0.1, 0.15) is 12.0 Å². The van der Waals surface area contributed by atoms with E-state index in [0.29, 0.717) is 13.0 Å². The fraction of sp³-hybridized carbons (Fsp3) is 0.300. The number of benzene rings is 1. The molecule has 1 aromatic rings. The highest BCUT2D eigenvalue weighted by atomic mass is 32.2. The predicted octanol–water partition coefficient (Wildman–Crippen LogP) is 1.11. The highest BCUT2D eigenvalue weighted by Gasteiger charge is 1.98. The van der Waals surface area contributed by atoms with Gasteiger partial charge in [0.25, 0.3) is 0 Å². The third-order valence-corrected chi connectivity index (χ3v) is 2.75. The zero-order valence-electron chi connectivity index (χ0n) is 7.90. The lowest BCUT2D eigenvalue weighted by Crippen LogP contribution is -2.10. The van der Waals surface area contributed by atoms with Crippen LogP contribution in [0.2, 0.25) is 0 Å². The van der Waals surface area contributed by atoms with Gasteiger partial charge in [0.2, 0.25) is 5.91 Å². The van der Waals surface area contributed by atoms with Gasteiger partial charge in [0.1, 0.15) is 0 Å². The van der Waals surface area contributed by atoms with Crippen molar-refractivity contribution < 1.29 is 4.79 Å². The third kappa shape index (κ3) is 3.81. The zero-order valence-corrected chi connectivity index (χ0v) is 8.72. The molecule has 14 heavy (non-hydrogen) atoms. The molecule has 0 radical (unpaired) electrons. The smallest absolute Gasteiger partial charge is 0.218 e. The minimum Gasteiger partial charge on any atom is -0.370 e. The molecule has 0 saturated carbocycles. The quantitative estimate of drug-likeness (QED) is 0.715. The molecule has 4 N–H and O–H groups in total. The molecule has 0 saturated heterocycles. The molecule has 0 fully saturated rings. The number of nitrogens with two attached hydrogens (primary N) is 2. The molecule has 0 spiro atoms. The summed E-state index contributed by atoms with van der Waals surface area (Å²) in [5, 5.41) is 0.